The number of carbonyl (C=O) groups is 4. The molecule has 0 radical (unpaired) electrons. The van der Waals surface area contributed by atoms with Crippen LogP contribution < -0.4 is 5.32 Å². The first-order valence-corrected chi connectivity index (χ1v) is 9.97. The summed E-state index contributed by atoms with van der Waals surface area (Å²) in [5, 5.41) is 2.69. The van der Waals surface area contributed by atoms with Gasteiger partial charge in [0.15, 0.2) is 5.78 Å². The first-order valence-electron chi connectivity index (χ1n) is 9.97. The molecule has 1 N–H and O–H groups in total. The molecule has 2 amide bonds. The zero-order valence-corrected chi connectivity index (χ0v) is 16.3. The lowest BCUT2D eigenvalue weighted by molar-refractivity contribution is -0.126. The SMILES string of the molecule is O=C1CCCC(=O)C(N2Cc3cc(C(=O)Nc4ccc(F)cc4)ccc3C2=O)CC1. The maximum Gasteiger partial charge on any atom is 0.255 e. The summed E-state index contributed by atoms with van der Waals surface area (Å²) in [5.74, 6) is -0.909. The van der Waals surface area contributed by atoms with E-state index in [9.17, 15) is 23.6 Å². The molecule has 0 spiro atoms. The van der Waals surface area contributed by atoms with Crippen LogP contribution in [0.25, 0.3) is 0 Å². The Balaban J connectivity index is 1.51. The van der Waals surface area contributed by atoms with E-state index < -0.39 is 11.9 Å². The minimum atomic E-state index is -0.606. The Bertz CT molecular complexity index is 1030. The molecule has 6 nitrogen and oxygen atoms in total. The molecule has 4 rings (SSSR count). The fourth-order valence-corrected chi connectivity index (χ4v) is 4.01. The Labute approximate surface area is 173 Å². The monoisotopic (exact) mass is 408 g/mol. The van der Waals surface area contributed by atoms with Crippen LogP contribution >= 0.6 is 0 Å². The summed E-state index contributed by atoms with van der Waals surface area (Å²) in [6, 6.07) is 9.63. The second-order valence-electron chi connectivity index (χ2n) is 7.68. The highest BCUT2D eigenvalue weighted by atomic mass is 19.1. The van der Waals surface area contributed by atoms with E-state index in [-0.39, 0.29) is 29.9 Å². The van der Waals surface area contributed by atoms with Crippen molar-refractivity contribution in [2.45, 2.75) is 44.7 Å². The number of hydrogen-bond acceptors (Lipinski definition) is 4. The Morgan fingerprint density at radius 1 is 1.00 bits per heavy atom. The molecule has 1 aliphatic heterocycles. The molecule has 154 valence electrons. The average Bonchev–Trinajstić information content (AvgIpc) is 3.04. The molecule has 1 fully saturated rings. The number of rotatable bonds is 3. The third-order valence-corrected chi connectivity index (χ3v) is 5.62. The number of amides is 2. The van der Waals surface area contributed by atoms with Crippen LogP contribution in [0.2, 0.25) is 0 Å². The largest absolute Gasteiger partial charge is 0.324 e. The van der Waals surface area contributed by atoms with Crippen LogP contribution in [0.1, 0.15) is 58.4 Å². The minimum absolute atomic E-state index is 0.0158. The molecule has 0 aromatic heterocycles. The number of nitrogens with zero attached hydrogens (tertiary/aromatic N) is 1. The highest BCUT2D eigenvalue weighted by Gasteiger charge is 2.37. The first kappa shape index (κ1) is 19.9. The van der Waals surface area contributed by atoms with Gasteiger partial charge < -0.3 is 10.2 Å². The van der Waals surface area contributed by atoms with Gasteiger partial charge in [-0.3, -0.25) is 19.2 Å². The van der Waals surface area contributed by atoms with Gasteiger partial charge in [-0.05, 0) is 60.9 Å². The molecule has 2 aromatic rings. The van der Waals surface area contributed by atoms with Crippen molar-refractivity contribution in [3.8, 4) is 0 Å². The van der Waals surface area contributed by atoms with E-state index in [4.69, 9.17) is 0 Å². The van der Waals surface area contributed by atoms with E-state index in [1.165, 1.54) is 29.2 Å². The zero-order valence-electron chi connectivity index (χ0n) is 16.3. The Morgan fingerprint density at radius 3 is 2.53 bits per heavy atom. The lowest BCUT2D eigenvalue weighted by atomic mass is 9.94. The molecular formula is C23H21FN2O4. The van der Waals surface area contributed by atoms with Gasteiger partial charge in [-0.2, -0.15) is 0 Å². The molecule has 1 unspecified atom stereocenters. The highest BCUT2D eigenvalue weighted by Crippen LogP contribution is 2.29. The van der Waals surface area contributed by atoms with Crippen LogP contribution in [0.3, 0.4) is 0 Å². The number of benzene rings is 2. The summed E-state index contributed by atoms with van der Waals surface area (Å²) in [6.45, 7) is 0.233. The van der Waals surface area contributed by atoms with Crippen molar-refractivity contribution in [3.63, 3.8) is 0 Å². The van der Waals surface area contributed by atoms with Crippen molar-refractivity contribution in [2.75, 3.05) is 5.32 Å². The van der Waals surface area contributed by atoms with Crippen molar-refractivity contribution in [1.29, 1.82) is 0 Å². The maximum absolute atomic E-state index is 13.0. The predicted octanol–water partition coefficient (Wildman–Crippen LogP) is 3.50. The zero-order chi connectivity index (χ0) is 21.3. The number of nitrogens with one attached hydrogen (secondary N) is 1. The van der Waals surface area contributed by atoms with Gasteiger partial charge in [-0.15, -0.1) is 0 Å². The standard InChI is InChI=1S/C23H21FN2O4/c24-16-5-7-17(8-6-16)25-22(29)14-4-10-19-15(12-14)13-26(23(19)30)20-11-9-18(27)2-1-3-21(20)28/h4-8,10,12,20H,1-3,9,11,13H2,(H,25,29). The molecule has 1 saturated carbocycles. The van der Waals surface area contributed by atoms with E-state index in [2.05, 4.69) is 5.32 Å². The molecule has 2 aromatic carbocycles. The predicted molar refractivity (Wildman–Crippen MR) is 108 cm³/mol. The molecular weight excluding hydrogens is 387 g/mol. The molecule has 1 aliphatic carbocycles. The quantitative estimate of drug-likeness (QED) is 0.843. The van der Waals surface area contributed by atoms with E-state index in [1.807, 2.05) is 0 Å². The smallest absolute Gasteiger partial charge is 0.255 e. The first-order chi connectivity index (χ1) is 14.4. The third-order valence-electron chi connectivity index (χ3n) is 5.62. The molecule has 7 heteroatoms. The number of hydrogen-bond donors (Lipinski definition) is 1. The maximum atomic E-state index is 13.0. The molecule has 30 heavy (non-hydrogen) atoms. The van der Waals surface area contributed by atoms with Gasteiger partial charge in [0, 0.05) is 42.6 Å². The second-order valence-corrected chi connectivity index (χ2v) is 7.68. The van der Waals surface area contributed by atoms with Gasteiger partial charge in [0.1, 0.15) is 11.6 Å². The number of anilines is 1. The van der Waals surface area contributed by atoms with E-state index in [0.29, 0.717) is 54.5 Å². The Morgan fingerprint density at radius 2 is 1.77 bits per heavy atom. The molecule has 0 bridgehead atoms. The minimum Gasteiger partial charge on any atom is -0.324 e. The Hall–Kier alpha value is -3.35. The number of halogens is 1. The summed E-state index contributed by atoms with van der Waals surface area (Å²) in [6.07, 6.45) is 1.87. The number of Topliss-reactive ketones (excluding diaryl/α,β-unsaturated/α-hetero) is 2. The van der Waals surface area contributed by atoms with Gasteiger partial charge in [-0.1, -0.05) is 0 Å². The van der Waals surface area contributed by atoms with Crippen molar-refractivity contribution >= 4 is 29.1 Å². The fourth-order valence-electron chi connectivity index (χ4n) is 4.01. The molecule has 1 heterocycles. The van der Waals surface area contributed by atoms with Crippen LogP contribution in [0.5, 0.6) is 0 Å². The summed E-state index contributed by atoms with van der Waals surface area (Å²) in [7, 11) is 0. The topological polar surface area (TPSA) is 83.6 Å². The van der Waals surface area contributed by atoms with Crippen LogP contribution in [0, 0.1) is 5.82 Å². The lowest BCUT2D eigenvalue weighted by Crippen LogP contribution is -2.42. The molecule has 0 saturated heterocycles. The van der Waals surface area contributed by atoms with Gasteiger partial charge in [-0.25, -0.2) is 4.39 Å². The van der Waals surface area contributed by atoms with Crippen molar-refractivity contribution < 1.29 is 23.6 Å². The second kappa shape index (κ2) is 8.18. The summed E-state index contributed by atoms with van der Waals surface area (Å²) >= 11 is 0. The van der Waals surface area contributed by atoms with Crippen molar-refractivity contribution in [3.05, 3.63) is 65.0 Å². The number of carbonyl (C=O) groups excluding carboxylic acids is 4. The third kappa shape index (κ3) is 4.01. The van der Waals surface area contributed by atoms with Crippen LogP contribution in [0.15, 0.2) is 42.5 Å². The Kier molecular flexibility index (Phi) is 5.44. The number of fused-ring (bicyclic) bond motifs is 1. The summed E-state index contributed by atoms with van der Waals surface area (Å²) < 4.78 is 13.0. The van der Waals surface area contributed by atoms with Crippen LogP contribution in [0.4, 0.5) is 10.1 Å². The van der Waals surface area contributed by atoms with E-state index >= 15 is 0 Å². The fraction of sp³-hybridized carbons (Fsp3) is 0.304. The van der Waals surface area contributed by atoms with Crippen molar-refractivity contribution in [1.82, 2.24) is 4.90 Å². The van der Waals surface area contributed by atoms with Gasteiger partial charge in [0.05, 0.1) is 6.04 Å². The molecule has 1 atom stereocenters. The lowest BCUT2D eigenvalue weighted by Gasteiger charge is -2.27. The van der Waals surface area contributed by atoms with Gasteiger partial charge in [0.25, 0.3) is 11.8 Å². The van der Waals surface area contributed by atoms with E-state index in [0.717, 1.165) is 0 Å². The highest BCUT2D eigenvalue weighted by molar-refractivity contribution is 6.06. The molecule has 2 aliphatic rings. The average molecular weight is 408 g/mol. The normalized spacial score (nSPS) is 19.3. The van der Waals surface area contributed by atoms with Crippen LogP contribution in [-0.4, -0.2) is 34.3 Å². The summed E-state index contributed by atoms with van der Waals surface area (Å²) in [4.78, 5) is 51.3. The van der Waals surface area contributed by atoms with Crippen LogP contribution in [-0.2, 0) is 16.1 Å². The number of ketones is 2. The van der Waals surface area contributed by atoms with Crippen molar-refractivity contribution in [2.24, 2.45) is 0 Å². The summed E-state index contributed by atoms with van der Waals surface area (Å²) in [5.41, 5.74) is 1.97. The van der Waals surface area contributed by atoms with Gasteiger partial charge in [0.2, 0.25) is 0 Å². The van der Waals surface area contributed by atoms with Gasteiger partial charge >= 0.3 is 0 Å². The van der Waals surface area contributed by atoms with E-state index in [1.54, 1.807) is 18.2 Å².